The van der Waals surface area contributed by atoms with Crippen LogP contribution in [-0.2, 0) is 22.3 Å². The molecule has 0 unspecified atom stereocenters. The predicted octanol–water partition coefficient (Wildman–Crippen LogP) is 4.27. The number of nitrogens with zero attached hydrogens (tertiary/aromatic N) is 3. The van der Waals surface area contributed by atoms with Crippen molar-refractivity contribution in [3.63, 3.8) is 0 Å². The molecule has 182 valence electrons. The maximum atomic E-state index is 13.9. The van der Waals surface area contributed by atoms with E-state index in [9.17, 15) is 27.2 Å². The number of halogens is 4. The number of hydrogen-bond donors (Lipinski definition) is 0. The van der Waals surface area contributed by atoms with Gasteiger partial charge in [-0.3, -0.25) is 0 Å². The van der Waals surface area contributed by atoms with E-state index in [1.54, 1.807) is 45.9 Å². The van der Waals surface area contributed by atoms with Crippen molar-refractivity contribution in [1.82, 2.24) is 14.3 Å². The van der Waals surface area contributed by atoms with Gasteiger partial charge in [-0.25, -0.2) is 23.2 Å². The summed E-state index contributed by atoms with van der Waals surface area (Å²) < 4.78 is 65.1. The molecule has 0 aliphatic rings. The molecular formula is C23H23F4N3O4. The summed E-state index contributed by atoms with van der Waals surface area (Å²) in [5.41, 5.74) is -1.96. The normalized spacial score (nSPS) is 12.0. The van der Waals surface area contributed by atoms with E-state index in [0.29, 0.717) is 29.0 Å². The number of benzene rings is 2. The molecule has 0 radical (unpaired) electrons. The summed E-state index contributed by atoms with van der Waals surface area (Å²) in [6.45, 7) is 6.93. The van der Waals surface area contributed by atoms with Gasteiger partial charge in [0.15, 0.2) is 5.60 Å². The summed E-state index contributed by atoms with van der Waals surface area (Å²) in [5.74, 6) is -1.53. The van der Waals surface area contributed by atoms with Gasteiger partial charge in [-0.05, 0) is 63.1 Å². The second-order valence-corrected chi connectivity index (χ2v) is 8.04. The molecular weight excluding hydrogens is 458 g/mol. The number of hydrogen-bond acceptors (Lipinski definition) is 5. The first-order valence-corrected chi connectivity index (χ1v) is 10.3. The van der Waals surface area contributed by atoms with E-state index in [4.69, 9.17) is 9.47 Å². The molecule has 2 aromatic carbocycles. The predicted molar refractivity (Wildman–Crippen MR) is 114 cm³/mol. The number of rotatable bonds is 7. The van der Waals surface area contributed by atoms with E-state index < -0.39 is 34.8 Å². The van der Waals surface area contributed by atoms with E-state index in [1.165, 1.54) is 0 Å². The van der Waals surface area contributed by atoms with Gasteiger partial charge < -0.3 is 9.47 Å². The zero-order valence-electron chi connectivity index (χ0n) is 18.9. The quantitative estimate of drug-likeness (QED) is 0.372. The number of esters is 1. The van der Waals surface area contributed by atoms with E-state index in [-0.39, 0.29) is 18.8 Å². The lowest BCUT2D eigenvalue weighted by molar-refractivity contribution is -0.158. The van der Waals surface area contributed by atoms with Crippen molar-refractivity contribution < 1.29 is 31.8 Å². The highest BCUT2D eigenvalue weighted by Gasteiger charge is 2.34. The first kappa shape index (κ1) is 25.0. The van der Waals surface area contributed by atoms with Crippen LogP contribution in [0.5, 0.6) is 5.75 Å². The fourth-order valence-corrected chi connectivity index (χ4v) is 3.23. The third kappa shape index (κ3) is 5.29. The average Bonchev–Trinajstić information content (AvgIpc) is 3.09. The highest BCUT2D eigenvalue weighted by atomic mass is 19.4. The minimum Gasteiger partial charge on any atom is -0.476 e. The average molecular weight is 481 g/mol. The number of aryl methyl sites for hydroxylation is 1. The molecule has 3 rings (SSSR count). The van der Waals surface area contributed by atoms with Crippen molar-refractivity contribution in [3.8, 4) is 11.4 Å². The summed E-state index contributed by atoms with van der Waals surface area (Å²) >= 11 is 0. The molecule has 0 saturated heterocycles. The van der Waals surface area contributed by atoms with Crippen molar-refractivity contribution >= 4 is 5.97 Å². The van der Waals surface area contributed by atoms with Crippen LogP contribution in [0, 0.1) is 12.7 Å². The Morgan fingerprint density at radius 2 is 1.82 bits per heavy atom. The Bertz CT molecular complexity index is 1260. The number of aromatic nitrogens is 3. The molecule has 0 N–H and O–H groups in total. The summed E-state index contributed by atoms with van der Waals surface area (Å²) in [6, 6.07) is 7.30. The van der Waals surface area contributed by atoms with E-state index >= 15 is 0 Å². The van der Waals surface area contributed by atoms with Gasteiger partial charge in [0.25, 0.3) is 0 Å². The Kier molecular flexibility index (Phi) is 6.85. The molecule has 1 aromatic heterocycles. The maximum absolute atomic E-state index is 13.9. The minimum absolute atomic E-state index is 0.0529. The van der Waals surface area contributed by atoms with E-state index in [1.807, 2.05) is 0 Å². The van der Waals surface area contributed by atoms with Gasteiger partial charge in [-0.2, -0.15) is 18.3 Å². The molecule has 0 amide bonds. The third-order valence-corrected chi connectivity index (χ3v) is 4.97. The van der Waals surface area contributed by atoms with Crippen LogP contribution in [0.15, 0.2) is 47.5 Å². The van der Waals surface area contributed by atoms with Gasteiger partial charge in [0.1, 0.15) is 17.9 Å². The lowest BCUT2D eigenvalue weighted by Gasteiger charge is -2.25. The molecule has 0 bridgehead atoms. The maximum Gasteiger partial charge on any atom is 0.419 e. The van der Waals surface area contributed by atoms with Crippen LogP contribution in [0.25, 0.3) is 5.69 Å². The molecule has 0 aliphatic carbocycles. The molecule has 0 saturated carbocycles. The monoisotopic (exact) mass is 481 g/mol. The molecule has 11 heteroatoms. The number of alkyl halides is 3. The SMILES string of the molecule is CCOC(=O)C(C)(C)Oc1ccc(Cn2ncn(-c3ccc(C(F)(F)F)c(F)c3)c2=O)cc1C. The highest BCUT2D eigenvalue weighted by molar-refractivity contribution is 5.79. The zero-order chi connectivity index (χ0) is 25.3. The fraction of sp³-hybridized carbons (Fsp3) is 0.348. The lowest BCUT2D eigenvalue weighted by atomic mass is 10.1. The molecule has 7 nitrogen and oxygen atoms in total. The number of ether oxygens (including phenoxy) is 2. The Labute approximate surface area is 192 Å². The van der Waals surface area contributed by atoms with Crippen LogP contribution < -0.4 is 10.4 Å². The largest absolute Gasteiger partial charge is 0.476 e. The molecule has 0 fully saturated rings. The van der Waals surface area contributed by atoms with Crippen LogP contribution in [0.2, 0.25) is 0 Å². The Hall–Kier alpha value is -3.63. The van der Waals surface area contributed by atoms with Crippen LogP contribution in [0.1, 0.15) is 37.5 Å². The fourth-order valence-electron chi connectivity index (χ4n) is 3.23. The molecule has 34 heavy (non-hydrogen) atoms. The summed E-state index contributed by atoms with van der Waals surface area (Å²) in [7, 11) is 0. The topological polar surface area (TPSA) is 75.3 Å². The first-order chi connectivity index (χ1) is 15.8. The van der Waals surface area contributed by atoms with Crippen molar-refractivity contribution in [1.29, 1.82) is 0 Å². The Morgan fingerprint density at radius 1 is 1.12 bits per heavy atom. The second kappa shape index (κ2) is 9.32. The Balaban J connectivity index is 1.80. The third-order valence-electron chi connectivity index (χ3n) is 4.97. The van der Waals surface area contributed by atoms with Crippen molar-refractivity contribution in [2.75, 3.05) is 6.61 Å². The highest BCUT2D eigenvalue weighted by Crippen LogP contribution is 2.32. The van der Waals surface area contributed by atoms with Gasteiger partial charge in [-0.1, -0.05) is 12.1 Å². The molecule has 0 spiro atoms. The van der Waals surface area contributed by atoms with Crippen LogP contribution in [0.3, 0.4) is 0 Å². The molecule has 3 aromatic rings. The minimum atomic E-state index is -4.84. The molecule has 0 aliphatic heterocycles. The van der Waals surface area contributed by atoms with Gasteiger partial charge in [0.2, 0.25) is 0 Å². The second-order valence-electron chi connectivity index (χ2n) is 8.04. The van der Waals surface area contributed by atoms with Crippen LogP contribution >= 0.6 is 0 Å². The van der Waals surface area contributed by atoms with E-state index in [0.717, 1.165) is 21.6 Å². The number of carbonyl (C=O) groups excluding carboxylic acids is 1. The van der Waals surface area contributed by atoms with Gasteiger partial charge in [0.05, 0.1) is 24.4 Å². The number of carbonyl (C=O) groups is 1. The summed E-state index contributed by atoms with van der Waals surface area (Å²) in [6.07, 6.45) is -3.73. The standard InChI is InChI=1S/C23H23F4N3O4/c1-5-33-20(31)22(3,4)34-19-9-6-15(10-14(19)2)12-30-21(32)29(13-28-30)16-7-8-17(18(24)11-16)23(25,26)27/h6-11,13H,5,12H2,1-4H3. The van der Waals surface area contributed by atoms with Gasteiger partial charge >= 0.3 is 17.8 Å². The summed E-state index contributed by atoms with van der Waals surface area (Å²) in [4.78, 5) is 24.7. The van der Waals surface area contributed by atoms with Crippen molar-refractivity contribution in [3.05, 3.63) is 75.7 Å². The van der Waals surface area contributed by atoms with Gasteiger partial charge in [-0.15, -0.1) is 0 Å². The van der Waals surface area contributed by atoms with E-state index in [2.05, 4.69) is 5.10 Å². The van der Waals surface area contributed by atoms with Crippen molar-refractivity contribution in [2.45, 2.75) is 46.0 Å². The van der Waals surface area contributed by atoms with Gasteiger partial charge in [0, 0.05) is 0 Å². The zero-order valence-corrected chi connectivity index (χ0v) is 18.9. The molecule has 1 heterocycles. The smallest absolute Gasteiger partial charge is 0.419 e. The first-order valence-electron chi connectivity index (χ1n) is 10.3. The Morgan fingerprint density at radius 3 is 2.41 bits per heavy atom. The molecule has 0 atom stereocenters. The van der Waals surface area contributed by atoms with Crippen LogP contribution in [0.4, 0.5) is 17.6 Å². The lowest BCUT2D eigenvalue weighted by Crippen LogP contribution is -2.39. The summed E-state index contributed by atoms with van der Waals surface area (Å²) in [5, 5.41) is 3.97. The van der Waals surface area contributed by atoms with Crippen LogP contribution in [-0.4, -0.2) is 32.5 Å². The van der Waals surface area contributed by atoms with Crippen molar-refractivity contribution in [2.24, 2.45) is 0 Å².